The van der Waals surface area contributed by atoms with E-state index in [2.05, 4.69) is 0 Å². The van der Waals surface area contributed by atoms with Crippen LogP contribution in [0.25, 0.3) is 0 Å². The highest BCUT2D eigenvalue weighted by atomic mass is 32.2. The molecule has 20 heavy (non-hydrogen) atoms. The molecule has 0 unspecified atom stereocenters. The van der Waals surface area contributed by atoms with E-state index < -0.39 is 10.0 Å². The van der Waals surface area contributed by atoms with Crippen molar-refractivity contribution in [2.24, 2.45) is 0 Å². The molecule has 1 aromatic carbocycles. The second-order valence-electron chi connectivity index (χ2n) is 4.91. The van der Waals surface area contributed by atoms with Gasteiger partial charge in [-0.2, -0.15) is 4.31 Å². The summed E-state index contributed by atoms with van der Waals surface area (Å²) in [5.74, 6) is 0. The molecule has 0 saturated carbocycles. The van der Waals surface area contributed by atoms with Crippen molar-refractivity contribution < 1.29 is 13.2 Å². The van der Waals surface area contributed by atoms with Gasteiger partial charge >= 0.3 is 0 Å². The van der Waals surface area contributed by atoms with Gasteiger partial charge in [0.2, 0.25) is 10.0 Å². The van der Waals surface area contributed by atoms with Crippen LogP contribution in [0.2, 0.25) is 0 Å². The summed E-state index contributed by atoms with van der Waals surface area (Å²) in [6.45, 7) is 6.21. The SMILES string of the molecule is CC(C)=CCN(CCC=O)S(=O)(=O)c1ccc(C)cc1. The number of benzene rings is 1. The van der Waals surface area contributed by atoms with Gasteiger partial charge in [0.05, 0.1) is 4.90 Å². The van der Waals surface area contributed by atoms with Crippen LogP contribution in [0.15, 0.2) is 40.8 Å². The second kappa shape index (κ2) is 7.36. The van der Waals surface area contributed by atoms with Gasteiger partial charge in [-0.25, -0.2) is 8.42 Å². The summed E-state index contributed by atoms with van der Waals surface area (Å²) in [5, 5.41) is 0. The van der Waals surface area contributed by atoms with Gasteiger partial charge in [0, 0.05) is 19.5 Å². The summed E-state index contributed by atoms with van der Waals surface area (Å²) in [4.78, 5) is 10.8. The Morgan fingerprint density at radius 3 is 2.30 bits per heavy atom. The highest BCUT2D eigenvalue weighted by Gasteiger charge is 2.22. The number of rotatable bonds is 7. The summed E-state index contributed by atoms with van der Waals surface area (Å²) in [6.07, 6.45) is 2.78. The maximum atomic E-state index is 12.5. The van der Waals surface area contributed by atoms with Crippen LogP contribution in [0, 0.1) is 6.92 Å². The van der Waals surface area contributed by atoms with Crippen molar-refractivity contribution in [3.63, 3.8) is 0 Å². The fourth-order valence-corrected chi connectivity index (χ4v) is 3.04. The van der Waals surface area contributed by atoms with E-state index in [-0.39, 0.29) is 24.4 Å². The minimum absolute atomic E-state index is 0.196. The number of hydrogen-bond acceptors (Lipinski definition) is 3. The maximum absolute atomic E-state index is 12.5. The van der Waals surface area contributed by atoms with Crippen LogP contribution < -0.4 is 0 Å². The molecule has 0 aliphatic heterocycles. The molecule has 0 bridgehead atoms. The zero-order valence-electron chi connectivity index (χ0n) is 12.2. The van der Waals surface area contributed by atoms with Crippen molar-refractivity contribution in [1.29, 1.82) is 0 Å². The second-order valence-corrected chi connectivity index (χ2v) is 6.85. The van der Waals surface area contributed by atoms with Crippen molar-refractivity contribution in [3.8, 4) is 0 Å². The number of aryl methyl sites for hydroxylation is 1. The zero-order valence-corrected chi connectivity index (χ0v) is 13.0. The monoisotopic (exact) mass is 295 g/mol. The Balaban J connectivity index is 3.05. The normalized spacial score (nSPS) is 11.4. The molecule has 1 aromatic rings. The number of nitrogens with zero attached hydrogens (tertiary/aromatic N) is 1. The largest absolute Gasteiger partial charge is 0.303 e. The van der Waals surface area contributed by atoms with E-state index in [0.717, 1.165) is 17.4 Å². The first kappa shape index (κ1) is 16.6. The number of carbonyl (C=O) groups excluding carboxylic acids is 1. The Hall–Kier alpha value is -1.46. The molecule has 0 fully saturated rings. The van der Waals surface area contributed by atoms with Crippen LogP contribution in [0.3, 0.4) is 0 Å². The zero-order chi connectivity index (χ0) is 15.2. The van der Waals surface area contributed by atoms with Gasteiger partial charge in [0.1, 0.15) is 6.29 Å². The van der Waals surface area contributed by atoms with Gasteiger partial charge < -0.3 is 4.79 Å². The third-order valence-electron chi connectivity index (χ3n) is 2.86. The van der Waals surface area contributed by atoms with Gasteiger partial charge in [0.15, 0.2) is 0 Å². The van der Waals surface area contributed by atoms with Gasteiger partial charge in [-0.15, -0.1) is 0 Å². The standard InChI is InChI=1S/C15H21NO3S/c1-13(2)9-11-16(10-4-12-17)20(18,19)15-7-5-14(3)6-8-15/h5-9,12H,4,10-11H2,1-3H3. The van der Waals surface area contributed by atoms with E-state index in [9.17, 15) is 13.2 Å². The molecule has 0 aliphatic carbocycles. The number of hydrogen-bond donors (Lipinski definition) is 0. The highest BCUT2D eigenvalue weighted by Crippen LogP contribution is 2.16. The van der Waals surface area contributed by atoms with Crippen LogP contribution in [0.1, 0.15) is 25.8 Å². The molecule has 4 nitrogen and oxygen atoms in total. The summed E-state index contributed by atoms with van der Waals surface area (Å²) >= 11 is 0. The first-order valence-corrected chi connectivity index (χ1v) is 7.95. The van der Waals surface area contributed by atoms with E-state index in [1.165, 1.54) is 4.31 Å². The molecule has 0 saturated heterocycles. The van der Waals surface area contributed by atoms with Crippen LogP contribution in [-0.4, -0.2) is 32.1 Å². The summed E-state index contributed by atoms with van der Waals surface area (Å²) in [5.41, 5.74) is 2.05. The molecule has 0 radical (unpaired) electrons. The Labute approximate surface area is 121 Å². The molecule has 1 rings (SSSR count). The van der Waals surface area contributed by atoms with Gasteiger partial charge in [-0.3, -0.25) is 0 Å². The minimum atomic E-state index is -3.56. The third-order valence-corrected chi connectivity index (χ3v) is 4.74. The van der Waals surface area contributed by atoms with Crippen molar-refractivity contribution >= 4 is 16.3 Å². The topological polar surface area (TPSA) is 54.5 Å². The predicted molar refractivity (Wildman–Crippen MR) is 80.0 cm³/mol. The Morgan fingerprint density at radius 2 is 1.80 bits per heavy atom. The Kier molecular flexibility index (Phi) is 6.10. The van der Waals surface area contributed by atoms with Crippen LogP contribution in [0.5, 0.6) is 0 Å². The van der Waals surface area contributed by atoms with Crippen LogP contribution in [-0.2, 0) is 14.8 Å². The molecule has 0 amide bonds. The van der Waals surface area contributed by atoms with Crippen LogP contribution >= 0.6 is 0 Å². The lowest BCUT2D eigenvalue weighted by atomic mass is 10.2. The van der Waals surface area contributed by atoms with Crippen molar-refractivity contribution in [2.45, 2.75) is 32.1 Å². The van der Waals surface area contributed by atoms with E-state index in [1.54, 1.807) is 24.3 Å². The fraction of sp³-hybridized carbons (Fsp3) is 0.400. The summed E-state index contributed by atoms with van der Waals surface area (Å²) in [7, 11) is -3.56. The molecule has 110 valence electrons. The number of aldehydes is 1. The van der Waals surface area contributed by atoms with Crippen molar-refractivity contribution in [2.75, 3.05) is 13.1 Å². The molecule has 5 heteroatoms. The Morgan fingerprint density at radius 1 is 1.20 bits per heavy atom. The van der Waals surface area contributed by atoms with Crippen molar-refractivity contribution in [3.05, 3.63) is 41.5 Å². The third kappa shape index (κ3) is 4.58. The lowest BCUT2D eigenvalue weighted by Gasteiger charge is -2.20. The van der Waals surface area contributed by atoms with Crippen molar-refractivity contribution in [1.82, 2.24) is 4.31 Å². The number of allylic oxidation sites excluding steroid dienone is 1. The molecule has 0 spiro atoms. The van der Waals surface area contributed by atoms with E-state index >= 15 is 0 Å². The first-order valence-electron chi connectivity index (χ1n) is 6.51. The quantitative estimate of drug-likeness (QED) is 0.574. The summed E-state index contributed by atoms with van der Waals surface area (Å²) in [6, 6.07) is 6.74. The predicted octanol–water partition coefficient (Wildman–Crippen LogP) is 2.54. The molecule has 0 N–H and O–H groups in total. The molecular formula is C15H21NO3S. The molecular weight excluding hydrogens is 274 g/mol. The number of sulfonamides is 1. The molecule has 0 aliphatic rings. The highest BCUT2D eigenvalue weighted by molar-refractivity contribution is 7.89. The van der Waals surface area contributed by atoms with E-state index in [4.69, 9.17) is 0 Å². The maximum Gasteiger partial charge on any atom is 0.243 e. The van der Waals surface area contributed by atoms with Gasteiger partial charge in [0.25, 0.3) is 0 Å². The lowest BCUT2D eigenvalue weighted by molar-refractivity contribution is -0.107. The smallest absolute Gasteiger partial charge is 0.243 e. The van der Waals surface area contributed by atoms with Gasteiger partial charge in [-0.05, 0) is 32.9 Å². The molecule has 0 atom stereocenters. The van der Waals surface area contributed by atoms with E-state index in [0.29, 0.717) is 0 Å². The van der Waals surface area contributed by atoms with Crippen LogP contribution in [0.4, 0.5) is 0 Å². The lowest BCUT2D eigenvalue weighted by Crippen LogP contribution is -2.32. The first-order chi connectivity index (χ1) is 9.37. The Bertz CT molecular complexity index is 570. The summed E-state index contributed by atoms with van der Waals surface area (Å²) < 4.78 is 26.4. The average molecular weight is 295 g/mol. The molecule has 0 aromatic heterocycles. The van der Waals surface area contributed by atoms with E-state index in [1.807, 2.05) is 26.8 Å². The fourth-order valence-electron chi connectivity index (χ4n) is 1.65. The molecule has 0 heterocycles. The number of carbonyl (C=O) groups is 1. The minimum Gasteiger partial charge on any atom is -0.303 e. The average Bonchev–Trinajstić information content (AvgIpc) is 2.38. The van der Waals surface area contributed by atoms with Gasteiger partial charge in [-0.1, -0.05) is 29.3 Å².